The Morgan fingerprint density at radius 1 is 1.12 bits per heavy atom. The van der Waals surface area contributed by atoms with Crippen LogP contribution in [0.1, 0.15) is 5.56 Å². The van der Waals surface area contributed by atoms with Crippen LogP contribution in [0.5, 0.6) is 0 Å². The minimum Gasteiger partial charge on any atom is -0.354 e. The van der Waals surface area contributed by atoms with Gasteiger partial charge in [-0.15, -0.1) is 11.8 Å². The molecule has 3 rings (SSSR count). The highest BCUT2D eigenvalue weighted by molar-refractivity contribution is 7.99. The molecule has 2 heterocycles. The average molecular weight is 353 g/mol. The molecule has 0 saturated carbocycles. The molecule has 6 nitrogen and oxygen atoms in total. The summed E-state index contributed by atoms with van der Waals surface area (Å²) in [5.74, 6) is 2.09. The van der Waals surface area contributed by atoms with Crippen LogP contribution in [0.2, 0.25) is 0 Å². The molecule has 2 aromatic heterocycles. The summed E-state index contributed by atoms with van der Waals surface area (Å²) in [5.41, 5.74) is 1.95. The Morgan fingerprint density at radius 3 is 2.80 bits per heavy atom. The third-order valence-corrected chi connectivity index (χ3v) is 4.53. The van der Waals surface area contributed by atoms with Gasteiger partial charge < -0.3 is 9.88 Å². The molecule has 0 spiro atoms. The van der Waals surface area contributed by atoms with Gasteiger partial charge in [0, 0.05) is 43.6 Å². The van der Waals surface area contributed by atoms with Gasteiger partial charge in [0.25, 0.3) is 0 Å². The van der Waals surface area contributed by atoms with E-state index in [1.807, 2.05) is 29.0 Å². The molecule has 1 N–H and O–H groups in total. The van der Waals surface area contributed by atoms with Crippen LogP contribution >= 0.6 is 11.8 Å². The SMILES string of the molecule is O=C(CSCc1ccccc1)NCCn1ccnc1-c1cnccn1. The van der Waals surface area contributed by atoms with E-state index in [-0.39, 0.29) is 5.91 Å². The Hall–Kier alpha value is -2.67. The highest BCUT2D eigenvalue weighted by Crippen LogP contribution is 2.13. The summed E-state index contributed by atoms with van der Waals surface area (Å²) < 4.78 is 1.96. The first-order chi connectivity index (χ1) is 12.3. The molecule has 0 unspecified atom stereocenters. The molecule has 0 saturated heterocycles. The molecule has 0 fully saturated rings. The molecule has 0 atom stereocenters. The van der Waals surface area contributed by atoms with Crippen molar-refractivity contribution in [1.29, 1.82) is 0 Å². The van der Waals surface area contributed by atoms with E-state index < -0.39 is 0 Å². The monoisotopic (exact) mass is 353 g/mol. The van der Waals surface area contributed by atoms with Crippen molar-refractivity contribution in [2.75, 3.05) is 12.3 Å². The minimum absolute atomic E-state index is 0.0436. The molecule has 7 heteroatoms. The zero-order valence-electron chi connectivity index (χ0n) is 13.7. The lowest BCUT2D eigenvalue weighted by atomic mass is 10.2. The summed E-state index contributed by atoms with van der Waals surface area (Å²) >= 11 is 1.61. The van der Waals surface area contributed by atoms with Crippen molar-refractivity contribution in [3.63, 3.8) is 0 Å². The maximum atomic E-state index is 11.9. The van der Waals surface area contributed by atoms with Crippen molar-refractivity contribution in [1.82, 2.24) is 24.8 Å². The molecule has 128 valence electrons. The van der Waals surface area contributed by atoms with E-state index in [1.165, 1.54) is 5.56 Å². The number of amides is 1. The number of thioether (sulfide) groups is 1. The Kier molecular flexibility index (Phi) is 6.17. The van der Waals surface area contributed by atoms with Crippen LogP contribution in [0, 0.1) is 0 Å². The molecule has 1 aromatic carbocycles. The normalized spacial score (nSPS) is 10.6. The number of carbonyl (C=O) groups excluding carboxylic acids is 1. The van der Waals surface area contributed by atoms with Gasteiger partial charge in [0.1, 0.15) is 5.69 Å². The second-order valence-electron chi connectivity index (χ2n) is 5.36. The Morgan fingerprint density at radius 2 is 2.00 bits per heavy atom. The quantitative estimate of drug-likeness (QED) is 0.673. The largest absolute Gasteiger partial charge is 0.354 e. The number of carbonyl (C=O) groups is 1. The summed E-state index contributed by atoms with van der Waals surface area (Å²) in [5, 5.41) is 2.94. The van der Waals surface area contributed by atoms with E-state index >= 15 is 0 Å². The zero-order valence-corrected chi connectivity index (χ0v) is 14.5. The number of hydrogen-bond acceptors (Lipinski definition) is 5. The number of rotatable bonds is 8. The van der Waals surface area contributed by atoms with Gasteiger partial charge in [-0.2, -0.15) is 0 Å². The van der Waals surface area contributed by atoms with Crippen LogP contribution < -0.4 is 5.32 Å². The van der Waals surface area contributed by atoms with Gasteiger partial charge in [-0.3, -0.25) is 9.78 Å². The standard InChI is InChI=1S/C18H19N5OS/c24-17(14-25-13-15-4-2-1-3-5-15)21-8-10-23-11-9-22-18(23)16-12-19-6-7-20-16/h1-7,9,11-12H,8,10,13-14H2,(H,21,24). The molecule has 0 aliphatic heterocycles. The van der Waals surface area contributed by atoms with E-state index in [4.69, 9.17) is 0 Å². The first-order valence-electron chi connectivity index (χ1n) is 7.99. The smallest absolute Gasteiger partial charge is 0.230 e. The van der Waals surface area contributed by atoms with Gasteiger partial charge in [0.15, 0.2) is 5.82 Å². The fourth-order valence-corrected chi connectivity index (χ4v) is 3.16. The third kappa shape index (κ3) is 5.15. The second kappa shape index (κ2) is 8.98. The predicted octanol–water partition coefficient (Wildman–Crippen LogP) is 2.39. The van der Waals surface area contributed by atoms with Crippen molar-refractivity contribution in [2.45, 2.75) is 12.3 Å². The molecule has 25 heavy (non-hydrogen) atoms. The number of imidazole rings is 1. The van der Waals surface area contributed by atoms with Crippen molar-refractivity contribution in [3.05, 3.63) is 66.9 Å². The van der Waals surface area contributed by atoms with Crippen molar-refractivity contribution in [3.8, 4) is 11.5 Å². The highest BCUT2D eigenvalue weighted by Gasteiger charge is 2.07. The van der Waals surface area contributed by atoms with Crippen LogP contribution in [0.15, 0.2) is 61.3 Å². The maximum absolute atomic E-state index is 11.9. The van der Waals surface area contributed by atoms with Gasteiger partial charge in [0.05, 0.1) is 11.9 Å². The summed E-state index contributed by atoms with van der Waals surface area (Å²) in [4.78, 5) is 24.6. The fourth-order valence-electron chi connectivity index (χ4n) is 2.34. The lowest BCUT2D eigenvalue weighted by molar-refractivity contribution is -0.118. The fraction of sp³-hybridized carbons (Fsp3) is 0.222. The molecule has 0 aliphatic rings. The predicted molar refractivity (Wildman–Crippen MR) is 98.9 cm³/mol. The van der Waals surface area contributed by atoms with E-state index in [0.29, 0.717) is 18.8 Å². The Bertz CT molecular complexity index is 791. The number of nitrogens with one attached hydrogen (secondary N) is 1. The first kappa shape index (κ1) is 17.2. The van der Waals surface area contributed by atoms with Gasteiger partial charge in [-0.05, 0) is 5.56 Å². The third-order valence-electron chi connectivity index (χ3n) is 3.53. The molecule has 3 aromatic rings. The number of hydrogen-bond donors (Lipinski definition) is 1. The lowest BCUT2D eigenvalue weighted by Crippen LogP contribution is -2.28. The number of aromatic nitrogens is 4. The van der Waals surface area contributed by atoms with Crippen molar-refractivity contribution >= 4 is 17.7 Å². The van der Waals surface area contributed by atoms with Crippen molar-refractivity contribution < 1.29 is 4.79 Å². The van der Waals surface area contributed by atoms with Gasteiger partial charge in [0.2, 0.25) is 5.91 Å². The molecule has 1 amide bonds. The maximum Gasteiger partial charge on any atom is 0.230 e. The summed E-state index contributed by atoms with van der Waals surface area (Å²) in [6.07, 6.45) is 8.55. The van der Waals surface area contributed by atoms with E-state index in [0.717, 1.165) is 17.3 Å². The van der Waals surface area contributed by atoms with Crippen molar-refractivity contribution in [2.24, 2.45) is 0 Å². The molecular weight excluding hydrogens is 334 g/mol. The highest BCUT2D eigenvalue weighted by atomic mass is 32.2. The van der Waals surface area contributed by atoms with Gasteiger partial charge in [-0.1, -0.05) is 30.3 Å². The van der Waals surface area contributed by atoms with Crippen LogP contribution in [-0.4, -0.2) is 37.7 Å². The molecule has 0 radical (unpaired) electrons. The van der Waals surface area contributed by atoms with Crippen LogP contribution in [0.4, 0.5) is 0 Å². The van der Waals surface area contributed by atoms with E-state index in [1.54, 1.807) is 36.5 Å². The summed E-state index contributed by atoms with van der Waals surface area (Å²) in [6, 6.07) is 10.1. The molecule has 0 bridgehead atoms. The number of nitrogens with zero attached hydrogens (tertiary/aromatic N) is 4. The molecule has 0 aliphatic carbocycles. The van der Waals surface area contributed by atoms with Crippen LogP contribution in [0.25, 0.3) is 11.5 Å². The summed E-state index contributed by atoms with van der Waals surface area (Å²) in [6.45, 7) is 1.19. The van der Waals surface area contributed by atoms with E-state index in [2.05, 4.69) is 32.4 Å². The van der Waals surface area contributed by atoms with Gasteiger partial charge in [-0.25, -0.2) is 9.97 Å². The topological polar surface area (TPSA) is 72.7 Å². The molecular formula is C18H19N5OS. The van der Waals surface area contributed by atoms with Gasteiger partial charge >= 0.3 is 0 Å². The average Bonchev–Trinajstić information content (AvgIpc) is 3.12. The first-order valence-corrected chi connectivity index (χ1v) is 9.14. The zero-order chi connectivity index (χ0) is 17.3. The number of benzene rings is 1. The van der Waals surface area contributed by atoms with Crippen LogP contribution in [0.3, 0.4) is 0 Å². The van der Waals surface area contributed by atoms with E-state index in [9.17, 15) is 4.79 Å². The summed E-state index contributed by atoms with van der Waals surface area (Å²) in [7, 11) is 0. The van der Waals surface area contributed by atoms with Crippen LogP contribution in [-0.2, 0) is 17.1 Å². The Balaban J connectivity index is 1.41. The minimum atomic E-state index is 0.0436. The lowest BCUT2D eigenvalue weighted by Gasteiger charge is -2.08. The Labute approximate surface area is 150 Å². The second-order valence-corrected chi connectivity index (χ2v) is 6.35.